The molecular formula is C52H58FeO8. The number of hydrogen-bond donors (Lipinski definition) is 0. The SMILES string of the molecule is C[C@H](CO[C@@H]1O[C@H](COCc2ccccc2)[C@@H](OCc2ccccc2)[C@H](OCc2ccccc2)[C@@H]1OCc1ccccc1)C(=O)OCCCCc1ccc[cH-]1.[Fe+2].c1cc[cH-]c1. The molecule has 7 rings (SSSR count). The van der Waals surface area contributed by atoms with Crippen LogP contribution in [0.25, 0.3) is 0 Å². The zero-order valence-electron chi connectivity index (χ0n) is 34.9. The molecule has 8 nitrogen and oxygen atoms in total. The van der Waals surface area contributed by atoms with Crippen molar-refractivity contribution in [2.45, 2.75) is 83.3 Å². The molecule has 1 heterocycles. The molecular weight excluding hydrogens is 808 g/mol. The van der Waals surface area contributed by atoms with Crippen molar-refractivity contribution in [2.24, 2.45) is 5.92 Å². The van der Waals surface area contributed by atoms with Crippen LogP contribution in [0.3, 0.4) is 0 Å². The Kier molecular flexibility index (Phi) is 21.2. The summed E-state index contributed by atoms with van der Waals surface area (Å²) >= 11 is 0. The number of benzene rings is 4. The molecule has 0 aromatic heterocycles. The summed E-state index contributed by atoms with van der Waals surface area (Å²) in [6.45, 7) is 3.81. The van der Waals surface area contributed by atoms with Gasteiger partial charge in [0, 0.05) is 0 Å². The van der Waals surface area contributed by atoms with E-state index in [1.165, 1.54) is 5.56 Å². The minimum atomic E-state index is -0.897. The van der Waals surface area contributed by atoms with E-state index in [1.807, 2.05) is 171 Å². The van der Waals surface area contributed by atoms with E-state index in [4.69, 9.17) is 33.2 Å². The predicted molar refractivity (Wildman–Crippen MR) is 233 cm³/mol. The Morgan fingerprint density at radius 1 is 0.590 bits per heavy atom. The van der Waals surface area contributed by atoms with Gasteiger partial charge in [-0.25, -0.2) is 24.3 Å². The molecule has 1 fully saturated rings. The zero-order valence-corrected chi connectivity index (χ0v) is 36.0. The number of rotatable bonds is 22. The van der Waals surface area contributed by atoms with Gasteiger partial charge in [0.2, 0.25) is 0 Å². The van der Waals surface area contributed by atoms with Crippen LogP contribution in [-0.4, -0.2) is 56.5 Å². The number of hydrogen-bond acceptors (Lipinski definition) is 8. The fraction of sp³-hybridized carbons (Fsp3) is 0.327. The third kappa shape index (κ3) is 16.6. The number of aryl methyl sites for hydroxylation is 1. The molecule has 0 amide bonds. The second-order valence-corrected chi connectivity index (χ2v) is 14.9. The van der Waals surface area contributed by atoms with Crippen molar-refractivity contribution < 1.29 is 55.0 Å². The topological polar surface area (TPSA) is 81.7 Å². The first-order valence-corrected chi connectivity index (χ1v) is 21.0. The number of carbonyl (C=O) groups is 1. The van der Waals surface area contributed by atoms with Gasteiger partial charge in [-0.1, -0.05) is 128 Å². The summed E-state index contributed by atoms with van der Waals surface area (Å²) in [5.41, 5.74) is 5.37. The molecule has 0 spiro atoms. The number of ether oxygens (including phenoxy) is 7. The van der Waals surface area contributed by atoms with Crippen LogP contribution in [0.1, 0.15) is 47.6 Å². The van der Waals surface area contributed by atoms with Gasteiger partial charge in [0.25, 0.3) is 0 Å². The minimum Gasteiger partial charge on any atom is -0.465 e. The Labute approximate surface area is 372 Å². The number of unbranched alkanes of at least 4 members (excludes halogenated alkanes) is 1. The van der Waals surface area contributed by atoms with Gasteiger partial charge in [-0.15, -0.1) is 0 Å². The summed E-state index contributed by atoms with van der Waals surface area (Å²) < 4.78 is 45.4. The maximum Gasteiger partial charge on any atom is 2.00 e. The van der Waals surface area contributed by atoms with Crippen LogP contribution in [0.5, 0.6) is 0 Å². The molecule has 1 saturated heterocycles. The molecule has 6 atom stereocenters. The van der Waals surface area contributed by atoms with Gasteiger partial charge in [0.05, 0.1) is 52.2 Å². The van der Waals surface area contributed by atoms with Gasteiger partial charge in [-0.05, 0) is 42.0 Å². The summed E-state index contributed by atoms with van der Waals surface area (Å²) in [5, 5.41) is 0. The number of carbonyl (C=O) groups excluding carboxylic acids is 1. The first kappa shape index (κ1) is 47.4. The van der Waals surface area contributed by atoms with E-state index < -0.39 is 36.6 Å². The summed E-state index contributed by atoms with van der Waals surface area (Å²) in [6, 6.07) is 58.4. The number of esters is 1. The van der Waals surface area contributed by atoms with E-state index in [0.29, 0.717) is 33.0 Å². The second kappa shape index (κ2) is 27.3. The molecule has 61 heavy (non-hydrogen) atoms. The van der Waals surface area contributed by atoms with Crippen molar-refractivity contribution in [3.05, 3.63) is 204 Å². The average molecular weight is 867 g/mol. The molecule has 0 unspecified atom stereocenters. The van der Waals surface area contributed by atoms with Gasteiger partial charge in [-0.2, -0.15) is 35.9 Å². The summed E-state index contributed by atoms with van der Waals surface area (Å²) in [4.78, 5) is 13.1. The Bertz CT molecular complexity index is 1940. The van der Waals surface area contributed by atoms with Crippen LogP contribution in [0, 0.1) is 5.92 Å². The summed E-state index contributed by atoms with van der Waals surface area (Å²) in [5.74, 6) is -0.841. The van der Waals surface area contributed by atoms with Gasteiger partial charge in [-0.3, -0.25) is 4.79 Å². The molecule has 6 aromatic carbocycles. The largest absolute Gasteiger partial charge is 2.00 e. The molecule has 0 saturated carbocycles. The van der Waals surface area contributed by atoms with E-state index in [-0.39, 0.29) is 36.3 Å². The molecule has 1 aliphatic heterocycles. The van der Waals surface area contributed by atoms with Crippen LogP contribution >= 0.6 is 0 Å². The van der Waals surface area contributed by atoms with Crippen molar-refractivity contribution in [3.63, 3.8) is 0 Å². The Morgan fingerprint density at radius 3 is 1.62 bits per heavy atom. The first-order valence-electron chi connectivity index (χ1n) is 21.0. The summed E-state index contributed by atoms with van der Waals surface area (Å²) in [6.07, 6.45) is -0.699. The van der Waals surface area contributed by atoms with Crippen LogP contribution < -0.4 is 0 Å². The van der Waals surface area contributed by atoms with Crippen molar-refractivity contribution in [3.8, 4) is 0 Å². The Balaban J connectivity index is 0.00000109. The fourth-order valence-electron chi connectivity index (χ4n) is 6.84. The molecule has 1 aliphatic rings. The monoisotopic (exact) mass is 866 g/mol. The molecule has 322 valence electrons. The third-order valence-corrected chi connectivity index (χ3v) is 10.1. The van der Waals surface area contributed by atoms with Crippen LogP contribution in [0.15, 0.2) is 176 Å². The molecule has 0 bridgehead atoms. The van der Waals surface area contributed by atoms with Crippen LogP contribution in [-0.2, 0) is 87.9 Å². The van der Waals surface area contributed by atoms with Crippen molar-refractivity contribution in [2.75, 3.05) is 19.8 Å². The van der Waals surface area contributed by atoms with Crippen molar-refractivity contribution in [1.29, 1.82) is 0 Å². The fourth-order valence-corrected chi connectivity index (χ4v) is 6.84. The van der Waals surface area contributed by atoms with Crippen molar-refractivity contribution in [1.82, 2.24) is 0 Å². The minimum absolute atomic E-state index is 0. The van der Waals surface area contributed by atoms with Crippen LogP contribution in [0.4, 0.5) is 0 Å². The molecule has 0 N–H and O–H groups in total. The third-order valence-electron chi connectivity index (χ3n) is 10.1. The van der Waals surface area contributed by atoms with E-state index >= 15 is 0 Å². The van der Waals surface area contributed by atoms with Crippen molar-refractivity contribution >= 4 is 5.97 Å². The standard InChI is InChI=1S/C47H53O8.C5H5.Fe/c1-36(46(48)50-29-17-16-20-37-18-14-15-19-37)30-54-47-45(53-34-41-27-12-5-13-28-41)44(52-33-40-25-10-4-11-26-40)43(51-32-39-23-8-3-9-24-39)42(55-47)35-49-31-38-21-6-2-7-22-38;1-2-4-5-3-1;/h2-15,18-19,21-28,36,42-45,47H,16-17,20,29-35H2,1H3;1-5H;/q2*-1;+2/t36-,42-,43-,44+,45+,47-;;/m1../s1. The maximum atomic E-state index is 13.1. The van der Waals surface area contributed by atoms with E-state index in [0.717, 1.165) is 41.5 Å². The van der Waals surface area contributed by atoms with Gasteiger partial charge in [0.15, 0.2) is 6.29 Å². The molecule has 0 aliphatic carbocycles. The average Bonchev–Trinajstić information content (AvgIpc) is 4.07. The Morgan fingerprint density at radius 2 is 1.11 bits per heavy atom. The summed E-state index contributed by atoms with van der Waals surface area (Å²) in [7, 11) is 0. The van der Waals surface area contributed by atoms with Gasteiger partial charge in [0.1, 0.15) is 24.4 Å². The molecule has 9 heteroatoms. The van der Waals surface area contributed by atoms with E-state index in [2.05, 4.69) is 12.1 Å². The first-order chi connectivity index (χ1) is 29.6. The normalized spacial score (nSPS) is 18.9. The van der Waals surface area contributed by atoms with E-state index in [1.54, 1.807) is 0 Å². The maximum absolute atomic E-state index is 13.1. The molecule has 0 radical (unpaired) electrons. The predicted octanol–water partition coefficient (Wildman–Crippen LogP) is 10.0. The van der Waals surface area contributed by atoms with E-state index in [9.17, 15) is 4.79 Å². The second-order valence-electron chi connectivity index (χ2n) is 14.9. The van der Waals surface area contributed by atoms with Crippen LogP contribution in [0.2, 0.25) is 0 Å². The van der Waals surface area contributed by atoms with Gasteiger partial charge < -0.3 is 33.2 Å². The smallest absolute Gasteiger partial charge is 0.465 e. The quantitative estimate of drug-likeness (QED) is 0.0289. The van der Waals surface area contributed by atoms with Gasteiger partial charge >= 0.3 is 23.0 Å². The zero-order chi connectivity index (χ0) is 41.5. The molecule has 6 aromatic rings. The Hall–Kier alpha value is -4.67.